The van der Waals surface area contributed by atoms with E-state index in [0.717, 1.165) is 42.9 Å². The van der Waals surface area contributed by atoms with Gasteiger partial charge in [0, 0.05) is 18.7 Å². The Labute approximate surface area is 162 Å². The Hall–Kier alpha value is -3.19. The molecule has 1 N–H and O–H groups in total. The van der Waals surface area contributed by atoms with Crippen LogP contribution in [0.3, 0.4) is 0 Å². The molecule has 0 bridgehead atoms. The normalized spacial score (nSPS) is 17.0. The van der Waals surface area contributed by atoms with E-state index >= 15 is 0 Å². The van der Waals surface area contributed by atoms with Crippen LogP contribution in [-0.2, 0) is 6.54 Å². The van der Waals surface area contributed by atoms with Crippen LogP contribution in [0.25, 0.3) is 11.5 Å². The van der Waals surface area contributed by atoms with Gasteiger partial charge in [-0.15, -0.1) is 10.2 Å². The van der Waals surface area contributed by atoms with Gasteiger partial charge >= 0.3 is 5.97 Å². The first-order valence-corrected chi connectivity index (χ1v) is 9.15. The second kappa shape index (κ2) is 7.82. The number of carboxylic acids is 1. The van der Waals surface area contributed by atoms with E-state index in [-0.39, 0.29) is 5.92 Å². The van der Waals surface area contributed by atoms with Crippen LogP contribution < -0.4 is 4.74 Å². The summed E-state index contributed by atoms with van der Waals surface area (Å²) < 4.78 is 11.1. The molecule has 7 heteroatoms. The Bertz CT molecular complexity index is 951. The summed E-state index contributed by atoms with van der Waals surface area (Å²) >= 11 is 0. The smallest absolute Gasteiger partial charge is 0.335 e. The SMILES string of the molecule is COc1ccc(-c2nnc([C@H]3CCN(Cc4ccc(C(=O)O)cc4)C3)o2)cc1. The molecule has 144 valence electrons. The Balaban J connectivity index is 1.38. The van der Waals surface area contributed by atoms with E-state index in [9.17, 15) is 4.79 Å². The highest BCUT2D eigenvalue weighted by Gasteiger charge is 2.28. The number of carboxylic acid groups (broad SMARTS) is 1. The molecular formula is C21H21N3O4. The summed E-state index contributed by atoms with van der Waals surface area (Å²) in [5.74, 6) is 1.26. The fourth-order valence-corrected chi connectivity index (χ4v) is 3.44. The van der Waals surface area contributed by atoms with Gasteiger partial charge in [-0.1, -0.05) is 12.1 Å². The molecule has 0 saturated carbocycles. The molecule has 1 aliphatic heterocycles. The molecule has 28 heavy (non-hydrogen) atoms. The van der Waals surface area contributed by atoms with Gasteiger partial charge in [0.2, 0.25) is 11.8 Å². The number of benzene rings is 2. The number of rotatable bonds is 6. The average molecular weight is 379 g/mol. The molecule has 1 atom stereocenters. The molecule has 0 amide bonds. The van der Waals surface area contributed by atoms with Crippen LogP contribution in [-0.4, -0.2) is 46.4 Å². The molecule has 0 spiro atoms. The van der Waals surface area contributed by atoms with Crippen molar-refractivity contribution in [3.63, 3.8) is 0 Å². The number of likely N-dealkylation sites (tertiary alicyclic amines) is 1. The number of methoxy groups -OCH3 is 1. The molecule has 4 rings (SSSR count). The van der Waals surface area contributed by atoms with Gasteiger partial charge in [-0.3, -0.25) is 4.90 Å². The monoisotopic (exact) mass is 379 g/mol. The lowest BCUT2D eigenvalue weighted by atomic mass is 10.1. The fraction of sp³-hybridized carbons (Fsp3) is 0.286. The third-order valence-corrected chi connectivity index (χ3v) is 5.01. The first kappa shape index (κ1) is 18.2. The van der Waals surface area contributed by atoms with E-state index in [0.29, 0.717) is 17.3 Å². The minimum Gasteiger partial charge on any atom is -0.497 e. The largest absolute Gasteiger partial charge is 0.497 e. The number of aromatic carboxylic acids is 1. The van der Waals surface area contributed by atoms with Crippen molar-refractivity contribution in [2.75, 3.05) is 20.2 Å². The molecule has 2 heterocycles. The molecule has 7 nitrogen and oxygen atoms in total. The first-order chi connectivity index (χ1) is 13.6. The van der Waals surface area contributed by atoms with E-state index in [2.05, 4.69) is 15.1 Å². The first-order valence-electron chi connectivity index (χ1n) is 9.15. The molecule has 1 aromatic heterocycles. The number of hydrogen-bond donors (Lipinski definition) is 1. The minimum absolute atomic E-state index is 0.206. The van der Waals surface area contributed by atoms with E-state index in [1.807, 2.05) is 36.4 Å². The molecular weight excluding hydrogens is 358 g/mol. The molecule has 2 aromatic carbocycles. The molecule has 0 unspecified atom stereocenters. The van der Waals surface area contributed by atoms with E-state index in [1.165, 1.54) is 0 Å². The van der Waals surface area contributed by atoms with Crippen LogP contribution in [0, 0.1) is 0 Å². The summed E-state index contributed by atoms with van der Waals surface area (Å²) in [6.07, 6.45) is 0.956. The highest BCUT2D eigenvalue weighted by molar-refractivity contribution is 5.87. The van der Waals surface area contributed by atoms with Crippen molar-refractivity contribution in [3.05, 3.63) is 65.5 Å². The quantitative estimate of drug-likeness (QED) is 0.702. The van der Waals surface area contributed by atoms with Crippen LogP contribution in [0.2, 0.25) is 0 Å². The van der Waals surface area contributed by atoms with Gasteiger partial charge in [0.25, 0.3) is 0 Å². The molecule has 3 aromatic rings. The average Bonchev–Trinajstić information content (AvgIpc) is 3.38. The Kier molecular flexibility index (Phi) is 5.08. The van der Waals surface area contributed by atoms with Gasteiger partial charge in [0.15, 0.2) is 0 Å². The van der Waals surface area contributed by atoms with Gasteiger partial charge in [-0.25, -0.2) is 4.79 Å². The summed E-state index contributed by atoms with van der Waals surface area (Å²) in [5.41, 5.74) is 2.27. The number of hydrogen-bond acceptors (Lipinski definition) is 6. The van der Waals surface area contributed by atoms with E-state index in [1.54, 1.807) is 19.2 Å². The van der Waals surface area contributed by atoms with Crippen molar-refractivity contribution < 1.29 is 19.1 Å². The highest BCUT2D eigenvalue weighted by atomic mass is 16.5. The summed E-state index contributed by atoms with van der Waals surface area (Å²) in [5, 5.41) is 17.4. The number of nitrogens with zero attached hydrogens (tertiary/aromatic N) is 3. The molecule has 1 aliphatic rings. The Morgan fingerprint density at radius 1 is 1.18 bits per heavy atom. The lowest BCUT2D eigenvalue weighted by molar-refractivity contribution is 0.0697. The third-order valence-electron chi connectivity index (χ3n) is 5.01. The summed E-state index contributed by atoms with van der Waals surface area (Å²) in [6, 6.07) is 14.6. The zero-order valence-corrected chi connectivity index (χ0v) is 15.5. The van der Waals surface area contributed by atoms with E-state index in [4.69, 9.17) is 14.3 Å². The molecule has 1 fully saturated rings. The van der Waals surface area contributed by atoms with Crippen LogP contribution >= 0.6 is 0 Å². The second-order valence-electron chi connectivity index (χ2n) is 6.90. The topological polar surface area (TPSA) is 88.7 Å². The van der Waals surface area contributed by atoms with Crippen molar-refractivity contribution >= 4 is 5.97 Å². The van der Waals surface area contributed by atoms with Crippen molar-refractivity contribution in [1.29, 1.82) is 0 Å². The van der Waals surface area contributed by atoms with E-state index < -0.39 is 5.97 Å². The minimum atomic E-state index is -0.906. The maximum atomic E-state index is 11.0. The van der Waals surface area contributed by atoms with Crippen LogP contribution in [0.15, 0.2) is 52.9 Å². The molecule has 0 radical (unpaired) electrons. The number of ether oxygens (including phenoxy) is 1. The van der Waals surface area contributed by atoms with Crippen LogP contribution in [0.4, 0.5) is 0 Å². The van der Waals surface area contributed by atoms with Crippen LogP contribution in [0.1, 0.15) is 34.2 Å². The summed E-state index contributed by atoms with van der Waals surface area (Å²) in [7, 11) is 1.63. The standard InChI is InChI=1S/C21H21N3O4/c1-27-18-8-6-15(7-9-18)19-22-23-20(28-19)17-10-11-24(13-17)12-14-2-4-16(5-3-14)21(25)26/h2-9,17H,10-13H2,1H3,(H,25,26)/t17-/m0/s1. The lowest BCUT2D eigenvalue weighted by Gasteiger charge is -2.15. The lowest BCUT2D eigenvalue weighted by Crippen LogP contribution is -2.19. The molecule has 1 saturated heterocycles. The van der Waals surface area contributed by atoms with Crippen molar-refractivity contribution in [2.24, 2.45) is 0 Å². The maximum absolute atomic E-state index is 11.0. The zero-order chi connectivity index (χ0) is 19.5. The Morgan fingerprint density at radius 3 is 2.61 bits per heavy atom. The summed E-state index contributed by atoms with van der Waals surface area (Å²) in [4.78, 5) is 13.3. The number of aromatic nitrogens is 2. The van der Waals surface area contributed by atoms with Crippen molar-refractivity contribution in [3.8, 4) is 17.2 Å². The zero-order valence-electron chi connectivity index (χ0n) is 15.5. The van der Waals surface area contributed by atoms with Gasteiger partial charge in [0.05, 0.1) is 18.6 Å². The highest BCUT2D eigenvalue weighted by Crippen LogP contribution is 2.30. The van der Waals surface area contributed by atoms with Gasteiger partial charge in [0.1, 0.15) is 5.75 Å². The van der Waals surface area contributed by atoms with Gasteiger partial charge in [-0.05, 0) is 54.9 Å². The predicted molar refractivity (Wildman–Crippen MR) is 102 cm³/mol. The number of carbonyl (C=O) groups is 1. The van der Waals surface area contributed by atoms with Crippen LogP contribution in [0.5, 0.6) is 5.75 Å². The third kappa shape index (κ3) is 3.89. The van der Waals surface area contributed by atoms with Gasteiger partial charge in [-0.2, -0.15) is 0 Å². The predicted octanol–water partition coefficient (Wildman–Crippen LogP) is 3.43. The van der Waals surface area contributed by atoms with Crippen molar-refractivity contribution in [1.82, 2.24) is 15.1 Å². The summed E-state index contributed by atoms with van der Waals surface area (Å²) in [6.45, 7) is 2.55. The maximum Gasteiger partial charge on any atom is 0.335 e. The van der Waals surface area contributed by atoms with Crippen molar-refractivity contribution in [2.45, 2.75) is 18.9 Å². The second-order valence-corrected chi connectivity index (χ2v) is 6.90. The Morgan fingerprint density at radius 2 is 1.93 bits per heavy atom. The van der Waals surface area contributed by atoms with Gasteiger partial charge < -0.3 is 14.3 Å². The fourth-order valence-electron chi connectivity index (χ4n) is 3.44. The molecule has 0 aliphatic carbocycles.